The number of rotatable bonds is 8. The van der Waals surface area contributed by atoms with Gasteiger partial charge in [-0.05, 0) is 19.3 Å². The van der Waals surface area contributed by atoms with Gasteiger partial charge in [-0.1, -0.05) is 13.8 Å². The SMILES string of the molecule is CCCN(CCC)C(=O)CCCC(=O)N(C)C. The smallest absolute Gasteiger partial charge is 0.222 e. The van der Waals surface area contributed by atoms with Gasteiger partial charge in [-0.2, -0.15) is 0 Å². The van der Waals surface area contributed by atoms with Crippen molar-refractivity contribution < 1.29 is 9.59 Å². The summed E-state index contributed by atoms with van der Waals surface area (Å²) in [6.07, 6.45) is 3.58. The molecule has 0 aromatic carbocycles. The molecule has 0 aromatic heterocycles. The second-order valence-corrected chi connectivity index (χ2v) is 4.52. The molecule has 0 rings (SSSR count). The van der Waals surface area contributed by atoms with E-state index in [0.717, 1.165) is 25.9 Å². The number of amides is 2. The fourth-order valence-electron chi connectivity index (χ4n) is 1.67. The maximum Gasteiger partial charge on any atom is 0.222 e. The van der Waals surface area contributed by atoms with Gasteiger partial charge in [-0.25, -0.2) is 0 Å². The Labute approximate surface area is 105 Å². The highest BCUT2D eigenvalue weighted by Crippen LogP contribution is 2.04. The van der Waals surface area contributed by atoms with Gasteiger partial charge in [-0.3, -0.25) is 9.59 Å². The molecule has 0 atom stereocenters. The molecule has 4 heteroatoms. The minimum atomic E-state index is 0.0929. The topological polar surface area (TPSA) is 40.6 Å². The van der Waals surface area contributed by atoms with Crippen LogP contribution in [0.15, 0.2) is 0 Å². The molecular weight excluding hydrogens is 216 g/mol. The molecule has 0 aliphatic rings. The zero-order chi connectivity index (χ0) is 13.3. The van der Waals surface area contributed by atoms with Crippen LogP contribution >= 0.6 is 0 Å². The van der Waals surface area contributed by atoms with Crippen LogP contribution in [-0.4, -0.2) is 48.8 Å². The van der Waals surface area contributed by atoms with Crippen molar-refractivity contribution in [2.75, 3.05) is 27.2 Å². The van der Waals surface area contributed by atoms with E-state index in [1.54, 1.807) is 19.0 Å². The Kier molecular flexibility index (Phi) is 8.46. The second-order valence-electron chi connectivity index (χ2n) is 4.52. The van der Waals surface area contributed by atoms with E-state index in [4.69, 9.17) is 0 Å². The Morgan fingerprint density at radius 1 is 0.882 bits per heavy atom. The number of carbonyl (C=O) groups is 2. The molecule has 0 unspecified atom stereocenters. The molecule has 0 radical (unpaired) electrons. The lowest BCUT2D eigenvalue weighted by molar-refractivity contribution is -0.132. The second kappa shape index (κ2) is 9.02. The molecule has 0 aromatic rings. The van der Waals surface area contributed by atoms with Gasteiger partial charge < -0.3 is 9.80 Å². The first-order valence-electron chi connectivity index (χ1n) is 6.50. The number of hydrogen-bond donors (Lipinski definition) is 0. The standard InChI is InChI=1S/C13H26N2O2/c1-5-10-15(11-6-2)13(17)9-7-8-12(16)14(3)4/h5-11H2,1-4H3. The average Bonchev–Trinajstić information content (AvgIpc) is 2.28. The first-order chi connectivity index (χ1) is 8.02. The first-order valence-corrected chi connectivity index (χ1v) is 6.50. The molecular formula is C13H26N2O2. The predicted molar refractivity (Wildman–Crippen MR) is 69.7 cm³/mol. The van der Waals surface area contributed by atoms with Gasteiger partial charge in [0.25, 0.3) is 0 Å². The third-order valence-electron chi connectivity index (χ3n) is 2.62. The van der Waals surface area contributed by atoms with Crippen molar-refractivity contribution in [2.24, 2.45) is 0 Å². The highest BCUT2D eigenvalue weighted by molar-refractivity contribution is 5.78. The van der Waals surface area contributed by atoms with E-state index < -0.39 is 0 Å². The molecule has 0 aliphatic carbocycles. The lowest BCUT2D eigenvalue weighted by atomic mass is 10.2. The quantitative estimate of drug-likeness (QED) is 0.652. The highest BCUT2D eigenvalue weighted by atomic mass is 16.2. The van der Waals surface area contributed by atoms with Gasteiger partial charge in [0, 0.05) is 40.0 Å². The third-order valence-corrected chi connectivity index (χ3v) is 2.62. The average molecular weight is 242 g/mol. The summed E-state index contributed by atoms with van der Waals surface area (Å²) in [4.78, 5) is 26.7. The van der Waals surface area contributed by atoms with Gasteiger partial charge in [0.05, 0.1) is 0 Å². The molecule has 4 nitrogen and oxygen atoms in total. The van der Waals surface area contributed by atoms with Gasteiger partial charge in [0.2, 0.25) is 11.8 Å². The van der Waals surface area contributed by atoms with Crippen LogP contribution < -0.4 is 0 Å². The van der Waals surface area contributed by atoms with Crippen molar-refractivity contribution in [3.8, 4) is 0 Å². The number of hydrogen-bond acceptors (Lipinski definition) is 2. The molecule has 0 fully saturated rings. The maximum atomic E-state index is 11.9. The Bertz CT molecular complexity index is 234. The Morgan fingerprint density at radius 2 is 1.35 bits per heavy atom. The Hall–Kier alpha value is -1.06. The minimum Gasteiger partial charge on any atom is -0.349 e. The zero-order valence-corrected chi connectivity index (χ0v) is 11.7. The summed E-state index contributed by atoms with van der Waals surface area (Å²) in [5.41, 5.74) is 0. The summed E-state index contributed by atoms with van der Waals surface area (Å²) in [5.74, 6) is 0.274. The molecule has 17 heavy (non-hydrogen) atoms. The molecule has 0 bridgehead atoms. The molecule has 0 N–H and O–H groups in total. The fraction of sp³-hybridized carbons (Fsp3) is 0.846. The van der Waals surface area contributed by atoms with E-state index in [9.17, 15) is 9.59 Å². The largest absolute Gasteiger partial charge is 0.349 e. The van der Waals surface area contributed by atoms with Gasteiger partial charge >= 0.3 is 0 Å². The van der Waals surface area contributed by atoms with Gasteiger partial charge in [0.15, 0.2) is 0 Å². The van der Waals surface area contributed by atoms with Crippen molar-refractivity contribution in [1.82, 2.24) is 9.80 Å². The number of carbonyl (C=O) groups excluding carboxylic acids is 2. The lowest BCUT2D eigenvalue weighted by Crippen LogP contribution is -2.32. The van der Waals surface area contributed by atoms with Crippen LogP contribution in [0.5, 0.6) is 0 Å². The summed E-state index contributed by atoms with van der Waals surface area (Å²) in [5, 5.41) is 0. The molecule has 0 saturated carbocycles. The van der Waals surface area contributed by atoms with E-state index in [-0.39, 0.29) is 11.8 Å². The molecule has 0 saturated heterocycles. The summed E-state index contributed by atoms with van der Waals surface area (Å²) in [6, 6.07) is 0. The van der Waals surface area contributed by atoms with E-state index >= 15 is 0 Å². The van der Waals surface area contributed by atoms with E-state index in [1.165, 1.54) is 0 Å². The monoisotopic (exact) mass is 242 g/mol. The van der Waals surface area contributed by atoms with E-state index in [2.05, 4.69) is 13.8 Å². The van der Waals surface area contributed by atoms with Crippen LogP contribution in [0.3, 0.4) is 0 Å². The van der Waals surface area contributed by atoms with Crippen LogP contribution in [0.25, 0.3) is 0 Å². The summed E-state index contributed by atoms with van der Waals surface area (Å²) >= 11 is 0. The van der Waals surface area contributed by atoms with Crippen molar-refractivity contribution >= 4 is 11.8 Å². The molecule has 2 amide bonds. The molecule has 0 spiro atoms. The van der Waals surface area contributed by atoms with Crippen molar-refractivity contribution in [3.63, 3.8) is 0 Å². The van der Waals surface area contributed by atoms with Gasteiger partial charge in [0.1, 0.15) is 0 Å². The normalized spacial score (nSPS) is 10.1. The summed E-state index contributed by atoms with van der Waals surface area (Å²) in [6.45, 7) is 5.81. The lowest BCUT2D eigenvalue weighted by Gasteiger charge is -2.21. The van der Waals surface area contributed by atoms with Crippen LogP contribution in [-0.2, 0) is 9.59 Å². The molecule has 100 valence electrons. The van der Waals surface area contributed by atoms with Crippen LogP contribution in [0, 0.1) is 0 Å². The minimum absolute atomic E-state index is 0.0929. The maximum absolute atomic E-state index is 11.9. The molecule has 0 aliphatic heterocycles. The van der Waals surface area contributed by atoms with Crippen LogP contribution in [0.1, 0.15) is 46.0 Å². The Balaban J connectivity index is 3.93. The van der Waals surface area contributed by atoms with Crippen molar-refractivity contribution in [2.45, 2.75) is 46.0 Å². The molecule has 0 heterocycles. The highest BCUT2D eigenvalue weighted by Gasteiger charge is 2.12. The third kappa shape index (κ3) is 6.97. The fourth-order valence-corrected chi connectivity index (χ4v) is 1.67. The van der Waals surface area contributed by atoms with E-state index in [1.807, 2.05) is 4.90 Å². The van der Waals surface area contributed by atoms with Crippen molar-refractivity contribution in [1.29, 1.82) is 0 Å². The Morgan fingerprint density at radius 3 is 1.76 bits per heavy atom. The van der Waals surface area contributed by atoms with E-state index in [0.29, 0.717) is 19.3 Å². The zero-order valence-electron chi connectivity index (χ0n) is 11.7. The summed E-state index contributed by atoms with van der Waals surface area (Å²) < 4.78 is 0. The van der Waals surface area contributed by atoms with Gasteiger partial charge in [-0.15, -0.1) is 0 Å². The van der Waals surface area contributed by atoms with Crippen LogP contribution in [0.2, 0.25) is 0 Å². The van der Waals surface area contributed by atoms with Crippen LogP contribution in [0.4, 0.5) is 0 Å². The van der Waals surface area contributed by atoms with Crippen molar-refractivity contribution in [3.05, 3.63) is 0 Å². The first kappa shape index (κ1) is 15.9. The number of nitrogens with zero attached hydrogens (tertiary/aromatic N) is 2. The summed E-state index contributed by atoms with van der Waals surface area (Å²) in [7, 11) is 3.48. The predicted octanol–water partition coefficient (Wildman–Crippen LogP) is 1.89.